The SMILES string of the molecule is C=C(I)CCCN=CC(C)C. The number of aliphatic imine (C=N–C) groups is 1. The lowest BCUT2D eigenvalue weighted by molar-refractivity contribution is 0.835. The maximum Gasteiger partial charge on any atom is 0.0388 e. The lowest BCUT2D eigenvalue weighted by Crippen LogP contribution is -1.89. The van der Waals surface area contributed by atoms with Crippen LogP contribution in [0.25, 0.3) is 0 Å². The molecule has 0 rings (SSSR count). The Kier molecular flexibility index (Phi) is 6.91. The summed E-state index contributed by atoms with van der Waals surface area (Å²) < 4.78 is 1.22. The zero-order valence-electron chi connectivity index (χ0n) is 7.31. The summed E-state index contributed by atoms with van der Waals surface area (Å²) in [5.41, 5.74) is 0. The molecule has 0 spiro atoms. The fourth-order valence-corrected chi connectivity index (χ4v) is 1.03. The maximum absolute atomic E-state index is 4.27. The number of hydrogen-bond acceptors (Lipinski definition) is 1. The molecule has 0 aromatic rings. The third kappa shape index (κ3) is 10.1. The lowest BCUT2D eigenvalue weighted by Gasteiger charge is -1.95. The predicted molar refractivity (Wildman–Crippen MR) is 60.6 cm³/mol. The molecule has 0 saturated heterocycles. The summed E-state index contributed by atoms with van der Waals surface area (Å²) in [7, 11) is 0. The smallest absolute Gasteiger partial charge is 0.0388 e. The second-order valence-electron chi connectivity index (χ2n) is 2.92. The zero-order chi connectivity index (χ0) is 8.69. The average Bonchev–Trinajstić information content (AvgIpc) is 1.85. The van der Waals surface area contributed by atoms with E-state index in [2.05, 4.69) is 48.0 Å². The van der Waals surface area contributed by atoms with Crippen molar-refractivity contribution in [2.24, 2.45) is 10.9 Å². The van der Waals surface area contributed by atoms with Crippen LogP contribution in [0.4, 0.5) is 0 Å². The number of hydrogen-bond donors (Lipinski definition) is 0. The minimum atomic E-state index is 0.581. The molecule has 2 heteroatoms. The molecular formula is C9H16IN. The van der Waals surface area contributed by atoms with E-state index < -0.39 is 0 Å². The van der Waals surface area contributed by atoms with E-state index >= 15 is 0 Å². The van der Waals surface area contributed by atoms with E-state index in [4.69, 9.17) is 0 Å². The molecule has 0 radical (unpaired) electrons. The highest BCUT2D eigenvalue weighted by Crippen LogP contribution is 2.09. The fraction of sp³-hybridized carbons (Fsp3) is 0.667. The molecule has 1 nitrogen and oxygen atoms in total. The first-order chi connectivity index (χ1) is 5.13. The first-order valence-electron chi connectivity index (χ1n) is 3.96. The summed E-state index contributed by atoms with van der Waals surface area (Å²) in [4.78, 5) is 4.27. The van der Waals surface area contributed by atoms with Gasteiger partial charge in [0.2, 0.25) is 0 Å². The Morgan fingerprint density at radius 2 is 2.27 bits per heavy atom. The van der Waals surface area contributed by atoms with Gasteiger partial charge in [-0.15, -0.1) is 0 Å². The Balaban J connectivity index is 3.20. The van der Waals surface area contributed by atoms with E-state index in [0.29, 0.717) is 5.92 Å². The minimum absolute atomic E-state index is 0.581. The molecule has 0 aliphatic rings. The van der Waals surface area contributed by atoms with E-state index in [1.165, 1.54) is 3.58 Å². The minimum Gasteiger partial charge on any atom is -0.297 e. The van der Waals surface area contributed by atoms with Gasteiger partial charge in [0.1, 0.15) is 0 Å². The van der Waals surface area contributed by atoms with E-state index in [1.54, 1.807) is 0 Å². The first-order valence-corrected chi connectivity index (χ1v) is 5.04. The molecule has 64 valence electrons. The average molecular weight is 265 g/mol. The molecule has 0 fully saturated rings. The van der Waals surface area contributed by atoms with Crippen LogP contribution in [0.5, 0.6) is 0 Å². The van der Waals surface area contributed by atoms with Crippen LogP contribution in [-0.2, 0) is 0 Å². The largest absolute Gasteiger partial charge is 0.297 e. The fourth-order valence-electron chi connectivity index (χ4n) is 0.648. The number of rotatable bonds is 5. The molecule has 0 heterocycles. The van der Waals surface area contributed by atoms with Gasteiger partial charge in [0.25, 0.3) is 0 Å². The molecule has 0 aliphatic carbocycles. The molecule has 0 atom stereocenters. The maximum atomic E-state index is 4.27. The van der Waals surface area contributed by atoms with Crippen molar-refractivity contribution in [3.05, 3.63) is 10.2 Å². The van der Waals surface area contributed by atoms with E-state index in [0.717, 1.165) is 19.4 Å². The second kappa shape index (κ2) is 6.83. The molecular weight excluding hydrogens is 249 g/mol. The molecule has 0 aliphatic heterocycles. The number of nitrogens with zero attached hydrogens (tertiary/aromatic N) is 1. The van der Waals surface area contributed by atoms with Gasteiger partial charge >= 0.3 is 0 Å². The van der Waals surface area contributed by atoms with E-state index in [9.17, 15) is 0 Å². The molecule has 0 bridgehead atoms. The van der Waals surface area contributed by atoms with Gasteiger partial charge in [-0.25, -0.2) is 0 Å². The van der Waals surface area contributed by atoms with Crippen LogP contribution in [0, 0.1) is 5.92 Å². The van der Waals surface area contributed by atoms with Gasteiger partial charge in [0, 0.05) is 12.8 Å². The Bertz CT molecular complexity index is 138. The molecule has 11 heavy (non-hydrogen) atoms. The van der Waals surface area contributed by atoms with Gasteiger partial charge in [-0.1, -0.05) is 20.4 Å². The monoisotopic (exact) mass is 265 g/mol. The Hall–Kier alpha value is 0.140. The second-order valence-corrected chi connectivity index (χ2v) is 4.45. The summed E-state index contributed by atoms with van der Waals surface area (Å²) in [6.07, 6.45) is 4.23. The molecule has 0 amide bonds. The van der Waals surface area contributed by atoms with Crippen LogP contribution in [0.15, 0.2) is 15.2 Å². The molecule has 0 aromatic carbocycles. The van der Waals surface area contributed by atoms with Gasteiger partial charge in [-0.2, -0.15) is 0 Å². The van der Waals surface area contributed by atoms with Gasteiger partial charge in [0.05, 0.1) is 0 Å². The van der Waals surface area contributed by atoms with Crippen molar-refractivity contribution < 1.29 is 0 Å². The van der Waals surface area contributed by atoms with Crippen molar-refractivity contribution in [1.29, 1.82) is 0 Å². The Morgan fingerprint density at radius 1 is 1.64 bits per heavy atom. The summed E-state index contributed by atoms with van der Waals surface area (Å²) in [5, 5.41) is 0. The third-order valence-corrected chi connectivity index (χ3v) is 1.68. The van der Waals surface area contributed by atoms with Crippen molar-refractivity contribution >= 4 is 28.8 Å². The quantitative estimate of drug-likeness (QED) is 0.410. The normalized spacial score (nSPS) is 11.3. The standard InChI is InChI=1S/C9H16IN/c1-8(2)7-11-6-4-5-9(3)10/h7-8H,3-6H2,1-2H3. The van der Waals surface area contributed by atoms with E-state index in [-0.39, 0.29) is 0 Å². The zero-order valence-corrected chi connectivity index (χ0v) is 9.47. The number of allylic oxidation sites excluding steroid dienone is 1. The first kappa shape index (κ1) is 11.1. The van der Waals surface area contributed by atoms with Gasteiger partial charge in [-0.05, 0) is 44.9 Å². The predicted octanol–water partition coefficient (Wildman–Crippen LogP) is 3.44. The van der Waals surface area contributed by atoms with Crippen LogP contribution in [0.3, 0.4) is 0 Å². The molecule has 0 unspecified atom stereocenters. The molecule has 0 N–H and O–H groups in total. The highest BCUT2D eigenvalue weighted by molar-refractivity contribution is 14.1. The van der Waals surface area contributed by atoms with Crippen LogP contribution in [0.2, 0.25) is 0 Å². The highest BCUT2D eigenvalue weighted by Gasteiger charge is 1.88. The molecule has 0 saturated carbocycles. The van der Waals surface area contributed by atoms with Crippen molar-refractivity contribution in [2.45, 2.75) is 26.7 Å². The van der Waals surface area contributed by atoms with Crippen LogP contribution < -0.4 is 0 Å². The molecule has 0 aromatic heterocycles. The summed E-state index contributed by atoms with van der Waals surface area (Å²) in [6, 6.07) is 0. The van der Waals surface area contributed by atoms with Gasteiger partial charge in [0.15, 0.2) is 0 Å². The summed E-state index contributed by atoms with van der Waals surface area (Å²) >= 11 is 2.26. The summed E-state index contributed by atoms with van der Waals surface area (Å²) in [5.74, 6) is 0.581. The van der Waals surface area contributed by atoms with Gasteiger partial charge < -0.3 is 0 Å². The van der Waals surface area contributed by atoms with Crippen molar-refractivity contribution in [3.63, 3.8) is 0 Å². The van der Waals surface area contributed by atoms with Crippen LogP contribution in [0.1, 0.15) is 26.7 Å². The van der Waals surface area contributed by atoms with Crippen molar-refractivity contribution in [2.75, 3.05) is 6.54 Å². The van der Waals surface area contributed by atoms with Gasteiger partial charge in [-0.3, -0.25) is 4.99 Å². The van der Waals surface area contributed by atoms with Crippen molar-refractivity contribution in [1.82, 2.24) is 0 Å². The Labute approximate surface area is 83.1 Å². The van der Waals surface area contributed by atoms with Crippen LogP contribution in [-0.4, -0.2) is 12.8 Å². The summed E-state index contributed by atoms with van der Waals surface area (Å²) in [6.45, 7) is 9.05. The highest BCUT2D eigenvalue weighted by atomic mass is 127. The van der Waals surface area contributed by atoms with Crippen LogP contribution >= 0.6 is 22.6 Å². The van der Waals surface area contributed by atoms with E-state index in [1.807, 2.05) is 6.21 Å². The van der Waals surface area contributed by atoms with Crippen molar-refractivity contribution in [3.8, 4) is 0 Å². The topological polar surface area (TPSA) is 12.4 Å². The third-order valence-electron chi connectivity index (χ3n) is 1.14. The number of halogens is 1. The lowest BCUT2D eigenvalue weighted by atomic mass is 10.2. The Morgan fingerprint density at radius 3 is 2.73 bits per heavy atom.